The molecule has 1 aromatic rings. The maximum absolute atomic E-state index is 4.41. The average molecular weight is 417 g/mol. The van der Waals surface area contributed by atoms with Crippen molar-refractivity contribution in [3.05, 3.63) is 42.0 Å². The molecule has 0 heterocycles. The fourth-order valence-corrected chi connectivity index (χ4v) is 4.39. The Bertz CT molecular complexity index is 526. The van der Waals surface area contributed by atoms with Gasteiger partial charge in [-0.3, -0.25) is 0 Å². The van der Waals surface area contributed by atoms with Gasteiger partial charge in [-0.2, -0.15) is 0 Å². The number of benzene rings is 1. The van der Waals surface area contributed by atoms with Crippen LogP contribution in [0.5, 0.6) is 0 Å². The number of allylic oxidation sites excluding steroid dienone is 2. The van der Waals surface area contributed by atoms with Crippen LogP contribution in [0.15, 0.2) is 41.3 Å². The summed E-state index contributed by atoms with van der Waals surface area (Å²) in [6.07, 6.45) is 23.9. The van der Waals surface area contributed by atoms with Gasteiger partial charge in [-0.25, -0.2) is 0 Å². The smallest absolute Gasteiger partial charge is 0.00401 e. The van der Waals surface area contributed by atoms with E-state index >= 15 is 0 Å². The minimum Gasteiger partial charge on any atom is -0.143 e. The van der Waals surface area contributed by atoms with Gasteiger partial charge in [0.05, 0.1) is 0 Å². The van der Waals surface area contributed by atoms with Gasteiger partial charge in [0.15, 0.2) is 0 Å². The molecule has 0 radical (unpaired) electrons. The monoisotopic (exact) mass is 416 g/mol. The van der Waals surface area contributed by atoms with Gasteiger partial charge in [0, 0.05) is 4.90 Å². The van der Waals surface area contributed by atoms with E-state index in [2.05, 4.69) is 76.7 Å². The number of hydrogen-bond acceptors (Lipinski definition) is 1. The molecule has 0 aliphatic rings. The lowest BCUT2D eigenvalue weighted by Gasteiger charge is -2.26. The Labute approximate surface area is 188 Å². The summed E-state index contributed by atoms with van der Waals surface area (Å²) in [5.74, 6) is 0.910. The lowest BCUT2D eigenvalue weighted by Crippen LogP contribution is -2.17. The van der Waals surface area contributed by atoms with Crippen molar-refractivity contribution < 1.29 is 0 Å². The molecule has 0 spiro atoms. The second kappa shape index (κ2) is 16.1. The Balaban J connectivity index is 2.12. The first-order chi connectivity index (χ1) is 14.0. The number of thiol groups is 1. The fraction of sp³-hybridized carbons (Fsp3) is 0.714. The maximum atomic E-state index is 4.41. The molecular weight excluding hydrogens is 368 g/mol. The van der Waals surface area contributed by atoms with Crippen molar-refractivity contribution in [1.82, 2.24) is 0 Å². The molecule has 0 saturated heterocycles. The van der Waals surface area contributed by atoms with Crippen molar-refractivity contribution in [2.45, 2.75) is 128 Å². The van der Waals surface area contributed by atoms with Crippen LogP contribution in [0, 0.1) is 5.92 Å². The predicted octanol–water partition coefficient (Wildman–Crippen LogP) is 9.93. The van der Waals surface area contributed by atoms with Crippen LogP contribution >= 0.6 is 12.6 Å². The summed E-state index contributed by atoms with van der Waals surface area (Å²) in [6.45, 7) is 9.43. The minimum atomic E-state index is 0.265. The van der Waals surface area contributed by atoms with E-state index in [0.717, 1.165) is 10.8 Å². The summed E-state index contributed by atoms with van der Waals surface area (Å²) >= 11 is 4.41. The summed E-state index contributed by atoms with van der Waals surface area (Å²) in [4.78, 5) is 1.05. The van der Waals surface area contributed by atoms with E-state index in [1.54, 1.807) is 0 Å². The van der Waals surface area contributed by atoms with Crippen LogP contribution in [0.1, 0.15) is 123 Å². The largest absolute Gasteiger partial charge is 0.143 e. The number of unbranched alkanes of at least 4 members (excludes halogenated alkanes) is 7. The van der Waals surface area contributed by atoms with Gasteiger partial charge < -0.3 is 0 Å². The summed E-state index contributed by atoms with van der Waals surface area (Å²) < 4.78 is 0. The molecule has 166 valence electrons. The normalized spacial score (nSPS) is 13.3. The number of hydrogen-bond donors (Lipinski definition) is 1. The number of rotatable bonds is 17. The van der Waals surface area contributed by atoms with Crippen LogP contribution in [0.3, 0.4) is 0 Å². The van der Waals surface area contributed by atoms with Crippen LogP contribution in [0.25, 0.3) is 0 Å². The van der Waals surface area contributed by atoms with E-state index in [-0.39, 0.29) is 5.41 Å². The lowest BCUT2D eigenvalue weighted by atomic mass is 9.79. The molecule has 0 fully saturated rings. The fourth-order valence-electron chi connectivity index (χ4n) is 4.24. The molecular formula is C28H48S. The summed E-state index contributed by atoms with van der Waals surface area (Å²) in [5, 5.41) is 0. The molecule has 0 bridgehead atoms. The molecule has 1 unspecified atom stereocenters. The van der Waals surface area contributed by atoms with Gasteiger partial charge in [0.25, 0.3) is 0 Å². The first-order valence-corrected chi connectivity index (χ1v) is 12.9. The van der Waals surface area contributed by atoms with Gasteiger partial charge in [0.2, 0.25) is 0 Å². The van der Waals surface area contributed by atoms with Crippen LogP contribution in [-0.2, 0) is 5.41 Å². The molecule has 1 rings (SSSR count). The van der Waals surface area contributed by atoms with Crippen LogP contribution in [0.4, 0.5) is 0 Å². The molecule has 1 heteroatoms. The third-order valence-corrected chi connectivity index (χ3v) is 6.81. The molecule has 29 heavy (non-hydrogen) atoms. The Morgan fingerprint density at radius 2 is 1.38 bits per heavy atom. The lowest BCUT2D eigenvalue weighted by molar-refractivity contribution is 0.368. The summed E-state index contributed by atoms with van der Waals surface area (Å²) in [5.41, 5.74) is 1.71. The highest BCUT2D eigenvalue weighted by Crippen LogP contribution is 2.31. The highest BCUT2D eigenvalue weighted by molar-refractivity contribution is 7.80. The van der Waals surface area contributed by atoms with E-state index in [1.165, 1.54) is 95.5 Å². The van der Waals surface area contributed by atoms with Gasteiger partial charge in [-0.15, -0.1) is 12.6 Å². The Kier molecular flexibility index (Phi) is 14.6. The minimum absolute atomic E-state index is 0.265. The molecule has 0 aromatic heterocycles. The zero-order valence-electron chi connectivity index (χ0n) is 19.9. The average Bonchev–Trinajstić information content (AvgIpc) is 2.71. The van der Waals surface area contributed by atoms with E-state index in [4.69, 9.17) is 0 Å². The zero-order chi connectivity index (χ0) is 21.4. The van der Waals surface area contributed by atoms with Crippen LogP contribution < -0.4 is 0 Å². The molecule has 0 N–H and O–H groups in total. The Morgan fingerprint density at radius 3 is 2.00 bits per heavy atom. The van der Waals surface area contributed by atoms with Crippen molar-refractivity contribution in [3.8, 4) is 0 Å². The molecule has 1 atom stereocenters. The molecule has 0 aliphatic carbocycles. The van der Waals surface area contributed by atoms with Gasteiger partial charge in [0.1, 0.15) is 0 Å². The standard InChI is InChI=1S/C28H48S/c1-5-7-8-9-10-11-12-13-14-15-16-18-25(6-2)19-17-24-28(3,4)26-20-22-27(29)23-21-26/h12-13,20-23,25,29H,5-11,14-19,24H2,1-4H3/b13-12-. The molecule has 0 nitrogen and oxygen atoms in total. The molecule has 0 amide bonds. The van der Waals surface area contributed by atoms with Crippen LogP contribution in [-0.4, -0.2) is 0 Å². The van der Waals surface area contributed by atoms with E-state index in [9.17, 15) is 0 Å². The van der Waals surface area contributed by atoms with E-state index < -0.39 is 0 Å². The van der Waals surface area contributed by atoms with Crippen molar-refractivity contribution in [2.24, 2.45) is 5.92 Å². The molecule has 0 saturated carbocycles. The zero-order valence-corrected chi connectivity index (χ0v) is 20.8. The third kappa shape index (κ3) is 12.6. The van der Waals surface area contributed by atoms with Crippen molar-refractivity contribution >= 4 is 12.6 Å². The molecule has 1 aromatic carbocycles. The SMILES string of the molecule is CCCCCCC/C=C\CCCCC(CC)CCCC(C)(C)c1ccc(S)cc1. The highest BCUT2D eigenvalue weighted by Gasteiger charge is 2.20. The van der Waals surface area contributed by atoms with Gasteiger partial charge >= 0.3 is 0 Å². The van der Waals surface area contributed by atoms with Gasteiger partial charge in [-0.05, 0) is 61.1 Å². The second-order valence-corrected chi connectivity index (χ2v) is 10.1. The molecule has 0 aliphatic heterocycles. The summed E-state index contributed by atoms with van der Waals surface area (Å²) in [7, 11) is 0. The highest BCUT2D eigenvalue weighted by atomic mass is 32.1. The van der Waals surface area contributed by atoms with E-state index in [0.29, 0.717) is 0 Å². The first kappa shape index (κ1) is 26.3. The van der Waals surface area contributed by atoms with E-state index in [1.807, 2.05) is 0 Å². The Morgan fingerprint density at radius 1 is 0.793 bits per heavy atom. The van der Waals surface area contributed by atoms with Crippen molar-refractivity contribution in [2.75, 3.05) is 0 Å². The quantitative estimate of drug-likeness (QED) is 0.146. The summed E-state index contributed by atoms with van der Waals surface area (Å²) in [6, 6.07) is 8.74. The van der Waals surface area contributed by atoms with Crippen molar-refractivity contribution in [3.63, 3.8) is 0 Å². The topological polar surface area (TPSA) is 0 Å². The first-order valence-electron chi connectivity index (χ1n) is 12.4. The Hall–Kier alpha value is -0.690. The maximum Gasteiger partial charge on any atom is 0.00401 e. The second-order valence-electron chi connectivity index (χ2n) is 9.56. The third-order valence-electron chi connectivity index (χ3n) is 6.51. The van der Waals surface area contributed by atoms with Gasteiger partial charge in [-0.1, -0.05) is 110 Å². The van der Waals surface area contributed by atoms with Crippen molar-refractivity contribution in [1.29, 1.82) is 0 Å². The predicted molar refractivity (Wildman–Crippen MR) is 135 cm³/mol. The van der Waals surface area contributed by atoms with Crippen LogP contribution in [0.2, 0.25) is 0 Å².